The first kappa shape index (κ1) is 12.3. The number of nitrogens with zero attached hydrogens (tertiary/aromatic N) is 2. The minimum atomic E-state index is -0.154. The molecule has 0 aliphatic carbocycles. The molecule has 2 heterocycles. The third-order valence-electron chi connectivity index (χ3n) is 2.98. The first-order valence-electron chi connectivity index (χ1n) is 5.87. The number of hydrogen-bond acceptors (Lipinski definition) is 4. The highest BCUT2D eigenvalue weighted by molar-refractivity contribution is 7.13. The molecule has 6 heteroatoms. The largest absolute Gasteiger partial charge is 0.394 e. The molecular weight excluding hydrogens is 238 g/mol. The van der Waals surface area contributed by atoms with Gasteiger partial charge in [0.25, 0.3) is 0 Å². The standard InChI is InChI=1S/C11H17N3O2S/c1-2-8-7-17-10(12-8)13-11(16)14-5-3-4-9(14)6-15/h7,9,15H,2-6H2,1H3,(H,12,13,16). The molecule has 0 bridgehead atoms. The van der Waals surface area contributed by atoms with Crippen molar-refractivity contribution < 1.29 is 9.90 Å². The summed E-state index contributed by atoms with van der Waals surface area (Å²) in [6.45, 7) is 2.78. The predicted octanol–water partition coefficient (Wildman–Crippen LogP) is 1.69. The smallest absolute Gasteiger partial charge is 0.323 e. The maximum atomic E-state index is 12.0. The van der Waals surface area contributed by atoms with Gasteiger partial charge in [-0.2, -0.15) is 0 Å². The van der Waals surface area contributed by atoms with E-state index in [-0.39, 0.29) is 18.7 Å². The predicted molar refractivity (Wildman–Crippen MR) is 67.3 cm³/mol. The van der Waals surface area contributed by atoms with Crippen molar-refractivity contribution in [2.24, 2.45) is 0 Å². The Morgan fingerprint density at radius 2 is 2.59 bits per heavy atom. The Hall–Kier alpha value is -1.14. The fourth-order valence-electron chi connectivity index (χ4n) is 1.98. The Labute approximate surface area is 104 Å². The van der Waals surface area contributed by atoms with Crippen molar-refractivity contribution in [2.75, 3.05) is 18.5 Å². The third kappa shape index (κ3) is 2.76. The quantitative estimate of drug-likeness (QED) is 0.864. The van der Waals surface area contributed by atoms with Crippen LogP contribution >= 0.6 is 11.3 Å². The summed E-state index contributed by atoms with van der Waals surface area (Å²) in [6.07, 6.45) is 2.70. The average molecular weight is 255 g/mol. The molecule has 1 saturated heterocycles. The van der Waals surface area contributed by atoms with Crippen LogP contribution in [0.25, 0.3) is 0 Å². The van der Waals surface area contributed by atoms with E-state index in [0.717, 1.165) is 25.0 Å². The number of aromatic nitrogens is 1. The van der Waals surface area contributed by atoms with Gasteiger partial charge in [0.15, 0.2) is 5.13 Å². The molecule has 17 heavy (non-hydrogen) atoms. The Morgan fingerprint density at radius 3 is 3.24 bits per heavy atom. The van der Waals surface area contributed by atoms with Crippen molar-refractivity contribution in [2.45, 2.75) is 32.2 Å². The Morgan fingerprint density at radius 1 is 1.76 bits per heavy atom. The monoisotopic (exact) mass is 255 g/mol. The van der Waals surface area contributed by atoms with E-state index < -0.39 is 0 Å². The highest BCUT2D eigenvalue weighted by Gasteiger charge is 2.28. The van der Waals surface area contributed by atoms with Gasteiger partial charge in [-0.1, -0.05) is 6.92 Å². The molecule has 1 fully saturated rings. The maximum absolute atomic E-state index is 12.0. The molecule has 5 nitrogen and oxygen atoms in total. The summed E-state index contributed by atoms with van der Waals surface area (Å²) in [5.74, 6) is 0. The normalized spacial score (nSPS) is 19.6. The zero-order valence-electron chi connectivity index (χ0n) is 9.85. The fraction of sp³-hybridized carbons (Fsp3) is 0.636. The summed E-state index contributed by atoms with van der Waals surface area (Å²) < 4.78 is 0. The van der Waals surface area contributed by atoms with Gasteiger partial charge in [0.1, 0.15) is 0 Å². The van der Waals surface area contributed by atoms with Crippen LogP contribution in [0.1, 0.15) is 25.5 Å². The van der Waals surface area contributed by atoms with E-state index in [1.165, 1.54) is 11.3 Å². The van der Waals surface area contributed by atoms with Crippen LogP contribution in [-0.2, 0) is 6.42 Å². The lowest BCUT2D eigenvalue weighted by Gasteiger charge is -2.22. The Balaban J connectivity index is 1.96. The van der Waals surface area contributed by atoms with Crippen molar-refractivity contribution >= 4 is 22.5 Å². The van der Waals surface area contributed by atoms with E-state index in [9.17, 15) is 4.79 Å². The van der Waals surface area contributed by atoms with Crippen LogP contribution in [0.5, 0.6) is 0 Å². The summed E-state index contributed by atoms with van der Waals surface area (Å²) in [5, 5.41) is 14.5. The van der Waals surface area contributed by atoms with Gasteiger partial charge in [-0.25, -0.2) is 9.78 Å². The van der Waals surface area contributed by atoms with Crippen LogP contribution in [0.3, 0.4) is 0 Å². The van der Waals surface area contributed by atoms with E-state index in [1.807, 2.05) is 12.3 Å². The van der Waals surface area contributed by atoms with Crippen molar-refractivity contribution in [3.63, 3.8) is 0 Å². The van der Waals surface area contributed by atoms with E-state index in [2.05, 4.69) is 10.3 Å². The van der Waals surface area contributed by atoms with Crippen LogP contribution in [0.4, 0.5) is 9.93 Å². The number of aliphatic hydroxyl groups is 1. The molecule has 1 atom stereocenters. The highest BCUT2D eigenvalue weighted by atomic mass is 32.1. The van der Waals surface area contributed by atoms with Crippen LogP contribution in [-0.4, -0.2) is 40.2 Å². The number of aryl methyl sites for hydroxylation is 1. The molecule has 1 aromatic heterocycles. The first-order valence-corrected chi connectivity index (χ1v) is 6.75. The van der Waals surface area contributed by atoms with Crippen LogP contribution in [0, 0.1) is 0 Å². The molecule has 0 saturated carbocycles. The number of rotatable bonds is 3. The van der Waals surface area contributed by atoms with Gasteiger partial charge in [-0.15, -0.1) is 11.3 Å². The molecule has 1 unspecified atom stereocenters. The minimum absolute atomic E-state index is 0.0332. The second-order valence-electron chi connectivity index (χ2n) is 4.10. The van der Waals surface area contributed by atoms with E-state index >= 15 is 0 Å². The molecule has 0 spiro atoms. The van der Waals surface area contributed by atoms with Gasteiger partial charge in [-0.3, -0.25) is 5.32 Å². The number of anilines is 1. The Kier molecular flexibility index (Phi) is 3.96. The summed E-state index contributed by atoms with van der Waals surface area (Å²) in [7, 11) is 0. The molecule has 1 aliphatic rings. The van der Waals surface area contributed by atoms with Gasteiger partial charge in [0.05, 0.1) is 18.3 Å². The molecule has 94 valence electrons. The summed E-state index contributed by atoms with van der Waals surface area (Å²) in [6, 6.07) is -0.195. The SMILES string of the molecule is CCc1csc(NC(=O)N2CCCC2CO)n1. The third-order valence-corrected chi connectivity index (χ3v) is 3.78. The second-order valence-corrected chi connectivity index (χ2v) is 4.96. The number of thiazole rings is 1. The number of carbonyl (C=O) groups excluding carboxylic acids is 1. The fourth-order valence-corrected chi connectivity index (χ4v) is 2.77. The number of aliphatic hydroxyl groups excluding tert-OH is 1. The molecule has 0 aromatic carbocycles. The summed E-state index contributed by atoms with van der Waals surface area (Å²) in [5.41, 5.74) is 0.991. The van der Waals surface area contributed by atoms with Gasteiger partial charge in [0.2, 0.25) is 0 Å². The molecule has 0 radical (unpaired) electrons. The van der Waals surface area contributed by atoms with Gasteiger partial charge >= 0.3 is 6.03 Å². The Bertz CT molecular complexity index is 394. The van der Waals surface area contributed by atoms with E-state index in [0.29, 0.717) is 11.7 Å². The molecule has 1 aliphatic heterocycles. The summed E-state index contributed by atoms with van der Waals surface area (Å²) in [4.78, 5) is 17.9. The number of likely N-dealkylation sites (tertiary alicyclic amines) is 1. The number of urea groups is 1. The molecule has 2 N–H and O–H groups in total. The van der Waals surface area contributed by atoms with Crippen LogP contribution in [0.2, 0.25) is 0 Å². The molecular formula is C11H17N3O2S. The van der Waals surface area contributed by atoms with Gasteiger partial charge in [0, 0.05) is 11.9 Å². The second kappa shape index (κ2) is 5.46. The maximum Gasteiger partial charge on any atom is 0.323 e. The molecule has 2 rings (SSSR count). The van der Waals surface area contributed by atoms with Gasteiger partial charge in [-0.05, 0) is 19.3 Å². The average Bonchev–Trinajstić information content (AvgIpc) is 2.96. The lowest BCUT2D eigenvalue weighted by Crippen LogP contribution is -2.40. The highest BCUT2D eigenvalue weighted by Crippen LogP contribution is 2.20. The number of carbonyl (C=O) groups is 1. The van der Waals surface area contributed by atoms with E-state index in [1.54, 1.807) is 4.90 Å². The topological polar surface area (TPSA) is 65.5 Å². The van der Waals surface area contributed by atoms with E-state index in [4.69, 9.17) is 5.11 Å². The zero-order chi connectivity index (χ0) is 12.3. The van der Waals surface area contributed by atoms with Crippen molar-refractivity contribution in [3.05, 3.63) is 11.1 Å². The number of nitrogens with one attached hydrogen (secondary N) is 1. The lowest BCUT2D eigenvalue weighted by molar-refractivity contribution is 0.166. The van der Waals surface area contributed by atoms with Crippen molar-refractivity contribution in [3.8, 4) is 0 Å². The molecule has 2 amide bonds. The first-order chi connectivity index (χ1) is 8.24. The lowest BCUT2D eigenvalue weighted by atomic mass is 10.2. The van der Waals surface area contributed by atoms with Crippen molar-refractivity contribution in [1.29, 1.82) is 0 Å². The number of amides is 2. The number of hydrogen-bond donors (Lipinski definition) is 2. The summed E-state index contributed by atoms with van der Waals surface area (Å²) >= 11 is 1.44. The molecule has 1 aromatic rings. The minimum Gasteiger partial charge on any atom is -0.394 e. The van der Waals surface area contributed by atoms with Gasteiger partial charge < -0.3 is 10.0 Å². The van der Waals surface area contributed by atoms with Crippen molar-refractivity contribution in [1.82, 2.24) is 9.88 Å². The van der Waals surface area contributed by atoms with Crippen LogP contribution < -0.4 is 5.32 Å². The zero-order valence-corrected chi connectivity index (χ0v) is 10.7. The van der Waals surface area contributed by atoms with Crippen LogP contribution in [0.15, 0.2) is 5.38 Å².